The van der Waals surface area contributed by atoms with Gasteiger partial charge in [-0.3, -0.25) is 4.79 Å². The lowest BCUT2D eigenvalue weighted by molar-refractivity contribution is -0.141. The number of methoxy groups -OCH3 is 1. The normalized spacial score (nSPS) is 32.0. The van der Waals surface area contributed by atoms with Crippen LogP contribution in [-0.2, 0) is 19.4 Å². The van der Waals surface area contributed by atoms with Gasteiger partial charge in [0.15, 0.2) is 9.84 Å². The highest BCUT2D eigenvalue weighted by Gasteiger charge is 2.42. The number of nitrogens with one attached hydrogen (secondary N) is 1. The minimum Gasteiger partial charge on any atom is -0.383 e. The molecule has 2 atom stereocenters. The van der Waals surface area contributed by atoms with E-state index in [1.54, 1.807) is 12.0 Å². The monoisotopic (exact) mass is 318 g/mol. The van der Waals surface area contributed by atoms with Gasteiger partial charge in [-0.15, -0.1) is 0 Å². The molecule has 21 heavy (non-hydrogen) atoms. The molecule has 0 radical (unpaired) electrons. The standard InChI is InChI=1S/C14H26N2O4S/c1-14(6-3-4-7-15-14)13(17)16(8-9-20-2)12-5-10-21(18,19)11-12/h12,15H,3-11H2,1-2H3. The van der Waals surface area contributed by atoms with Crippen molar-refractivity contribution < 1.29 is 17.9 Å². The first-order valence-electron chi connectivity index (χ1n) is 7.63. The van der Waals surface area contributed by atoms with E-state index in [4.69, 9.17) is 4.74 Å². The van der Waals surface area contributed by atoms with Crippen molar-refractivity contribution in [2.75, 3.05) is 38.3 Å². The number of carbonyl (C=O) groups is 1. The molecule has 2 fully saturated rings. The predicted molar refractivity (Wildman–Crippen MR) is 80.9 cm³/mol. The molecule has 0 spiro atoms. The van der Waals surface area contributed by atoms with E-state index in [9.17, 15) is 13.2 Å². The molecule has 7 heteroatoms. The van der Waals surface area contributed by atoms with Crippen molar-refractivity contribution in [1.82, 2.24) is 10.2 Å². The Hall–Kier alpha value is -0.660. The lowest BCUT2D eigenvalue weighted by atomic mass is 9.89. The number of amides is 1. The third-order valence-electron chi connectivity index (χ3n) is 4.54. The Labute approximate surface area is 127 Å². The van der Waals surface area contributed by atoms with Gasteiger partial charge < -0.3 is 15.0 Å². The van der Waals surface area contributed by atoms with Crippen LogP contribution in [0.3, 0.4) is 0 Å². The van der Waals surface area contributed by atoms with Crippen LogP contribution in [-0.4, -0.2) is 69.1 Å². The van der Waals surface area contributed by atoms with Crippen LogP contribution in [0.5, 0.6) is 0 Å². The Morgan fingerprint density at radius 3 is 2.71 bits per heavy atom. The van der Waals surface area contributed by atoms with Crippen LogP contribution in [0.25, 0.3) is 0 Å². The molecule has 122 valence electrons. The maximum Gasteiger partial charge on any atom is 0.242 e. The van der Waals surface area contributed by atoms with Gasteiger partial charge in [0.25, 0.3) is 0 Å². The van der Waals surface area contributed by atoms with Gasteiger partial charge in [0.2, 0.25) is 5.91 Å². The summed E-state index contributed by atoms with van der Waals surface area (Å²) >= 11 is 0. The third-order valence-corrected chi connectivity index (χ3v) is 6.29. The molecule has 2 heterocycles. The first kappa shape index (κ1) is 16.7. The van der Waals surface area contributed by atoms with E-state index in [0.717, 1.165) is 25.8 Å². The van der Waals surface area contributed by atoms with Crippen LogP contribution in [0.1, 0.15) is 32.6 Å². The van der Waals surface area contributed by atoms with E-state index in [0.29, 0.717) is 19.6 Å². The molecule has 0 aromatic heterocycles. The summed E-state index contributed by atoms with van der Waals surface area (Å²) in [6, 6.07) is -0.210. The van der Waals surface area contributed by atoms with Crippen molar-refractivity contribution in [3.05, 3.63) is 0 Å². The molecule has 0 aromatic rings. The minimum absolute atomic E-state index is 0.0151. The minimum atomic E-state index is -3.00. The number of carbonyl (C=O) groups excluding carboxylic acids is 1. The second-order valence-electron chi connectivity index (χ2n) is 6.26. The van der Waals surface area contributed by atoms with E-state index in [1.807, 2.05) is 6.92 Å². The average molecular weight is 318 g/mol. The summed E-state index contributed by atoms with van der Waals surface area (Å²) in [5, 5.41) is 3.31. The number of ether oxygens (including phenoxy) is 1. The molecule has 2 unspecified atom stereocenters. The topological polar surface area (TPSA) is 75.7 Å². The number of nitrogens with zero attached hydrogens (tertiary/aromatic N) is 1. The van der Waals surface area contributed by atoms with Crippen molar-refractivity contribution >= 4 is 15.7 Å². The van der Waals surface area contributed by atoms with E-state index >= 15 is 0 Å². The first-order valence-corrected chi connectivity index (χ1v) is 9.45. The molecular weight excluding hydrogens is 292 g/mol. The highest BCUT2D eigenvalue weighted by Crippen LogP contribution is 2.25. The molecule has 2 rings (SSSR count). The van der Waals surface area contributed by atoms with Gasteiger partial charge in [-0.25, -0.2) is 8.42 Å². The summed E-state index contributed by atoms with van der Waals surface area (Å²) in [5.74, 6) is 0.276. The number of piperidine rings is 1. The first-order chi connectivity index (χ1) is 9.88. The maximum absolute atomic E-state index is 12.9. The number of rotatable bonds is 5. The molecule has 0 aliphatic carbocycles. The summed E-state index contributed by atoms with van der Waals surface area (Å²) in [7, 11) is -1.41. The van der Waals surface area contributed by atoms with Crippen LogP contribution in [0, 0.1) is 0 Å². The molecule has 0 saturated carbocycles. The molecule has 6 nitrogen and oxygen atoms in total. The summed E-state index contributed by atoms with van der Waals surface area (Å²) < 4.78 is 28.5. The second kappa shape index (κ2) is 6.62. The van der Waals surface area contributed by atoms with E-state index in [2.05, 4.69) is 5.32 Å². The van der Waals surface area contributed by atoms with Crippen molar-refractivity contribution in [2.24, 2.45) is 0 Å². The van der Waals surface area contributed by atoms with Crippen LogP contribution in [0.15, 0.2) is 0 Å². The Kier molecular flexibility index (Phi) is 5.27. The summed E-state index contributed by atoms with van der Waals surface area (Å²) in [4.78, 5) is 14.7. The summed E-state index contributed by atoms with van der Waals surface area (Å²) in [5.41, 5.74) is -0.571. The number of hydrogen-bond acceptors (Lipinski definition) is 5. The molecule has 1 amide bonds. The van der Waals surface area contributed by atoms with E-state index in [-0.39, 0.29) is 23.5 Å². The maximum atomic E-state index is 12.9. The molecule has 2 aliphatic rings. The quantitative estimate of drug-likeness (QED) is 0.783. The summed E-state index contributed by atoms with van der Waals surface area (Å²) in [6.45, 7) is 3.65. The van der Waals surface area contributed by atoms with Crippen molar-refractivity contribution in [2.45, 2.75) is 44.2 Å². The lowest BCUT2D eigenvalue weighted by Gasteiger charge is -2.40. The van der Waals surface area contributed by atoms with E-state index < -0.39 is 15.4 Å². The second-order valence-corrected chi connectivity index (χ2v) is 8.49. The molecule has 0 bridgehead atoms. The molecule has 1 N–H and O–H groups in total. The van der Waals surface area contributed by atoms with Gasteiger partial charge in [0.1, 0.15) is 0 Å². The van der Waals surface area contributed by atoms with Crippen molar-refractivity contribution in [3.63, 3.8) is 0 Å². The van der Waals surface area contributed by atoms with Crippen LogP contribution in [0.4, 0.5) is 0 Å². The zero-order valence-corrected chi connectivity index (χ0v) is 13.7. The zero-order valence-electron chi connectivity index (χ0n) is 12.9. The zero-order chi connectivity index (χ0) is 15.5. The van der Waals surface area contributed by atoms with Gasteiger partial charge in [-0.2, -0.15) is 0 Å². The molecular formula is C14H26N2O4S. The van der Waals surface area contributed by atoms with Gasteiger partial charge in [0, 0.05) is 19.7 Å². The fourth-order valence-electron chi connectivity index (χ4n) is 3.22. The fourth-order valence-corrected chi connectivity index (χ4v) is 4.95. The lowest BCUT2D eigenvalue weighted by Crippen LogP contribution is -2.60. The van der Waals surface area contributed by atoms with Crippen molar-refractivity contribution in [1.29, 1.82) is 0 Å². The number of sulfone groups is 1. The highest BCUT2D eigenvalue weighted by molar-refractivity contribution is 7.91. The largest absolute Gasteiger partial charge is 0.383 e. The molecule has 0 aromatic carbocycles. The fraction of sp³-hybridized carbons (Fsp3) is 0.929. The van der Waals surface area contributed by atoms with Gasteiger partial charge in [-0.1, -0.05) is 0 Å². The summed E-state index contributed by atoms with van der Waals surface area (Å²) in [6.07, 6.45) is 3.44. The molecule has 2 aliphatic heterocycles. The smallest absolute Gasteiger partial charge is 0.242 e. The Morgan fingerprint density at radius 2 is 2.19 bits per heavy atom. The Morgan fingerprint density at radius 1 is 1.43 bits per heavy atom. The van der Waals surface area contributed by atoms with Crippen LogP contribution in [0.2, 0.25) is 0 Å². The number of hydrogen-bond donors (Lipinski definition) is 1. The van der Waals surface area contributed by atoms with Gasteiger partial charge in [-0.05, 0) is 39.2 Å². The van der Waals surface area contributed by atoms with Gasteiger partial charge >= 0.3 is 0 Å². The van der Waals surface area contributed by atoms with Crippen LogP contribution < -0.4 is 5.32 Å². The predicted octanol–water partition coefficient (Wildman–Crippen LogP) is 0.181. The Balaban J connectivity index is 2.13. The molecule has 2 saturated heterocycles. The highest BCUT2D eigenvalue weighted by atomic mass is 32.2. The SMILES string of the molecule is COCCN(C(=O)C1(C)CCCCN1)C1CCS(=O)(=O)C1. The van der Waals surface area contributed by atoms with E-state index in [1.165, 1.54) is 0 Å². The Bertz CT molecular complexity index is 471. The van der Waals surface area contributed by atoms with Crippen molar-refractivity contribution in [3.8, 4) is 0 Å². The van der Waals surface area contributed by atoms with Crippen LogP contribution >= 0.6 is 0 Å². The van der Waals surface area contributed by atoms with Gasteiger partial charge in [0.05, 0.1) is 23.7 Å². The average Bonchev–Trinajstić information content (AvgIpc) is 2.80. The third kappa shape index (κ3) is 3.96.